The van der Waals surface area contributed by atoms with Crippen LogP contribution in [0.15, 0.2) is 78.9 Å². The number of hydrogen-bond donors (Lipinski definition) is 4. The minimum Gasteiger partial charge on any atom is -0.508 e. The van der Waals surface area contributed by atoms with Crippen LogP contribution in [0.4, 0.5) is 4.79 Å². The van der Waals surface area contributed by atoms with Crippen molar-refractivity contribution in [1.82, 2.24) is 15.5 Å². The summed E-state index contributed by atoms with van der Waals surface area (Å²) in [5, 5.41) is 25.2. The van der Waals surface area contributed by atoms with Gasteiger partial charge in [0.05, 0.1) is 0 Å². The molecule has 2 atom stereocenters. The number of phenols is 2. The van der Waals surface area contributed by atoms with Crippen LogP contribution in [-0.4, -0.2) is 51.2 Å². The Labute approximate surface area is 241 Å². The number of benzene rings is 3. The van der Waals surface area contributed by atoms with Crippen LogP contribution in [0, 0.1) is 0 Å². The Morgan fingerprint density at radius 2 is 1.44 bits per heavy atom. The maximum absolute atomic E-state index is 14.2. The van der Waals surface area contributed by atoms with Crippen LogP contribution in [-0.2, 0) is 27.3 Å². The zero-order valence-corrected chi connectivity index (χ0v) is 24.0. The second-order valence-electron chi connectivity index (χ2n) is 10.8. The maximum Gasteiger partial charge on any atom is 0.408 e. The smallest absolute Gasteiger partial charge is 0.408 e. The third-order valence-electron chi connectivity index (χ3n) is 6.19. The molecule has 0 aliphatic heterocycles. The molecule has 0 aliphatic carbocycles. The topological polar surface area (TPSA) is 128 Å². The van der Waals surface area contributed by atoms with E-state index in [-0.39, 0.29) is 31.0 Å². The van der Waals surface area contributed by atoms with Crippen molar-refractivity contribution >= 4 is 17.9 Å². The molecule has 0 saturated heterocycles. The van der Waals surface area contributed by atoms with Gasteiger partial charge in [0.25, 0.3) is 0 Å². The number of rotatable bonds is 11. The van der Waals surface area contributed by atoms with E-state index in [9.17, 15) is 24.6 Å². The lowest BCUT2D eigenvalue weighted by molar-refractivity contribution is -0.142. The van der Waals surface area contributed by atoms with Crippen LogP contribution >= 0.6 is 0 Å². The summed E-state index contributed by atoms with van der Waals surface area (Å²) in [6.07, 6.45) is -0.113. The van der Waals surface area contributed by atoms with Crippen LogP contribution in [0.3, 0.4) is 0 Å². The van der Waals surface area contributed by atoms with E-state index in [1.54, 1.807) is 45.0 Å². The number of alkyl carbamates (subject to hydrolysis) is 1. The van der Waals surface area contributed by atoms with E-state index < -0.39 is 35.6 Å². The summed E-state index contributed by atoms with van der Waals surface area (Å²) in [5.74, 6) is -0.769. The molecule has 41 heavy (non-hydrogen) atoms. The van der Waals surface area contributed by atoms with Crippen molar-refractivity contribution in [2.24, 2.45) is 0 Å². The predicted octanol–water partition coefficient (Wildman–Crippen LogP) is 4.83. The van der Waals surface area contributed by atoms with Gasteiger partial charge in [0.2, 0.25) is 11.8 Å². The third kappa shape index (κ3) is 9.56. The molecule has 0 aromatic heterocycles. The fourth-order valence-corrected chi connectivity index (χ4v) is 4.34. The lowest BCUT2D eigenvalue weighted by atomic mass is 9.99. The Hall–Kier alpha value is -4.53. The van der Waals surface area contributed by atoms with Gasteiger partial charge in [-0.3, -0.25) is 9.59 Å². The summed E-state index contributed by atoms with van der Waals surface area (Å²) in [6, 6.07) is 19.8. The van der Waals surface area contributed by atoms with Crippen LogP contribution < -0.4 is 10.6 Å². The van der Waals surface area contributed by atoms with Gasteiger partial charge in [0.15, 0.2) is 0 Å². The molecule has 0 bridgehead atoms. The Balaban J connectivity index is 1.98. The molecular weight excluding hydrogens is 522 g/mol. The van der Waals surface area contributed by atoms with Crippen molar-refractivity contribution in [1.29, 1.82) is 0 Å². The number of nitrogens with one attached hydrogen (secondary N) is 2. The van der Waals surface area contributed by atoms with Gasteiger partial charge in [-0.2, -0.15) is 0 Å². The Morgan fingerprint density at radius 3 is 2.00 bits per heavy atom. The minimum atomic E-state index is -1.07. The van der Waals surface area contributed by atoms with Crippen molar-refractivity contribution in [2.45, 2.75) is 64.8 Å². The summed E-state index contributed by atoms with van der Waals surface area (Å²) < 4.78 is 5.44. The van der Waals surface area contributed by atoms with E-state index in [0.29, 0.717) is 17.5 Å². The van der Waals surface area contributed by atoms with E-state index in [2.05, 4.69) is 10.6 Å². The van der Waals surface area contributed by atoms with Crippen molar-refractivity contribution in [3.05, 3.63) is 95.6 Å². The third-order valence-corrected chi connectivity index (χ3v) is 6.19. The number of aromatic hydroxyl groups is 2. The van der Waals surface area contributed by atoms with Gasteiger partial charge in [-0.25, -0.2) is 4.79 Å². The lowest BCUT2D eigenvalue weighted by Gasteiger charge is -2.34. The molecule has 3 rings (SSSR count). The number of phenolic OH excluding ortho intramolecular Hbond substituents is 2. The van der Waals surface area contributed by atoms with Gasteiger partial charge < -0.3 is 30.5 Å². The van der Waals surface area contributed by atoms with Crippen LogP contribution in [0.25, 0.3) is 0 Å². The largest absolute Gasteiger partial charge is 0.508 e. The zero-order valence-electron chi connectivity index (χ0n) is 24.0. The summed E-state index contributed by atoms with van der Waals surface area (Å²) >= 11 is 0. The first-order chi connectivity index (χ1) is 19.5. The first kappa shape index (κ1) is 31.0. The molecule has 0 saturated carbocycles. The van der Waals surface area contributed by atoms with Gasteiger partial charge in [0, 0.05) is 19.5 Å². The number of carbonyl (C=O) groups excluding carboxylic acids is 3. The summed E-state index contributed by atoms with van der Waals surface area (Å²) in [7, 11) is 0. The second kappa shape index (κ2) is 14.2. The standard InChI is InChI=1S/C32H39N3O6/c1-5-19-35(28(24-13-17-26(37)18-14-24)29(38)33-21-23-9-7-6-8-10-23)30(39)27(34-31(40)41-32(2,3)4)20-22-11-15-25(36)16-12-22/h6-18,27-28,36-37H,5,19-21H2,1-4H3,(H,33,38)(H,34,40). The monoisotopic (exact) mass is 561 g/mol. The van der Waals surface area contributed by atoms with Crippen LogP contribution in [0.2, 0.25) is 0 Å². The average molecular weight is 562 g/mol. The van der Waals surface area contributed by atoms with Crippen molar-refractivity contribution in [2.75, 3.05) is 6.54 Å². The van der Waals surface area contributed by atoms with Gasteiger partial charge in [-0.15, -0.1) is 0 Å². The molecule has 3 amide bonds. The van der Waals surface area contributed by atoms with Gasteiger partial charge in [-0.1, -0.05) is 61.5 Å². The van der Waals surface area contributed by atoms with Gasteiger partial charge in [0.1, 0.15) is 29.2 Å². The Bertz CT molecular complexity index is 1290. The first-order valence-electron chi connectivity index (χ1n) is 13.7. The number of ether oxygens (including phenoxy) is 1. The van der Waals surface area contributed by atoms with E-state index in [1.165, 1.54) is 29.2 Å². The van der Waals surface area contributed by atoms with Gasteiger partial charge in [-0.05, 0) is 68.1 Å². The van der Waals surface area contributed by atoms with E-state index >= 15 is 0 Å². The summed E-state index contributed by atoms with van der Waals surface area (Å²) in [5.41, 5.74) is 1.32. The minimum absolute atomic E-state index is 0.0300. The van der Waals surface area contributed by atoms with Crippen LogP contribution in [0.1, 0.15) is 56.8 Å². The molecule has 0 radical (unpaired) electrons. The molecule has 3 aromatic carbocycles. The highest BCUT2D eigenvalue weighted by molar-refractivity contribution is 5.92. The predicted molar refractivity (Wildman–Crippen MR) is 156 cm³/mol. The fraction of sp³-hybridized carbons (Fsp3) is 0.344. The van der Waals surface area contributed by atoms with Crippen LogP contribution in [0.5, 0.6) is 11.5 Å². The molecule has 218 valence electrons. The summed E-state index contributed by atoms with van der Waals surface area (Å²) in [6.45, 7) is 7.56. The highest BCUT2D eigenvalue weighted by atomic mass is 16.6. The quantitative estimate of drug-likeness (QED) is 0.266. The summed E-state index contributed by atoms with van der Waals surface area (Å²) in [4.78, 5) is 42.3. The highest BCUT2D eigenvalue weighted by Crippen LogP contribution is 2.26. The Kier molecular flexibility index (Phi) is 10.7. The molecule has 4 N–H and O–H groups in total. The molecule has 0 spiro atoms. The van der Waals surface area contributed by atoms with Crippen molar-refractivity contribution in [3.63, 3.8) is 0 Å². The molecule has 0 fully saturated rings. The molecule has 0 aliphatic rings. The molecule has 9 nitrogen and oxygen atoms in total. The van der Waals surface area contributed by atoms with E-state index in [1.807, 2.05) is 37.3 Å². The number of hydrogen-bond acceptors (Lipinski definition) is 6. The van der Waals surface area contributed by atoms with Gasteiger partial charge >= 0.3 is 6.09 Å². The molecule has 2 unspecified atom stereocenters. The molecule has 0 heterocycles. The zero-order chi connectivity index (χ0) is 30.0. The number of nitrogens with zero attached hydrogens (tertiary/aromatic N) is 1. The number of carbonyl (C=O) groups is 3. The molecule has 3 aromatic rings. The normalized spacial score (nSPS) is 12.6. The fourth-order valence-electron chi connectivity index (χ4n) is 4.34. The highest BCUT2D eigenvalue weighted by Gasteiger charge is 2.36. The maximum atomic E-state index is 14.2. The second-order valence-corrected chi connectivity index (χ2v) is 10.8. The average Bonchev–Trinajstić information content (AvgIpc) is 2.92. The Morgan fingerprint density at radius 1 is 0.854 bits per heavy atom. The first-order valence-corrected chi connectivity index (χ1v) is 13.7. The van der Waals surface area contributed by atoms with Crippen molar-refractivity contribution in [3.8, 4) is 11.5 Å². The molecular formula is C32H39N3O6. The lowest BCUT2D eigenvalue weighted by Crippen LogP contribution is -2.54. The SMILES string of the molecule is CCCN(C(=O)C(Cc1ccc(O)cc1)NC(=O)OC(C)(C)C)C(C(=O)NCc1ccccc1)c1ccc(O)cc1. The van der Waals surface area contributed by atoms with E-state index in [0.717, 1.165) is 5.56 Å². The van der Waals surface area contributed by atoms with Crippen molar-refractivity contribution < 1.29 is 29.3 Å². The molecule has 9 heteroatoms. The van der Waals surface area contributed by atoms with E-state index in [4.69, 9.17) is 4.74 Å². The number of amides is 3.